The van der Waals surface area contributed by atoms with E-state index in [1.54, 1.807) is 6.07 Å². The van der Waals surface area contributed by atoms with E-state index in [2.05, 4.69) is 31.9 Å². The molecule has 2 aromatic heterocycles. The Bertz CT molecular complexity index is 1790. The first kappa shape index (κ1) is 28.2. The number of para-hydroxylation sites is 1. The second-order valence-corrected chi connectivity index (χ2v) is 12.2. The predicted octanol–water partition coefficient (Wildman–Crippen LogP) is 3.72. The van der Waals surface area contributed by atoms with Crippen LogP contribution in [-0.2, 0) is 24.8 Å². The van der Waals surface area contributed by atoms with E-state index < -0.39 is 18.8 Å². The van der Waals surface area contributed by atoms with Gasteiger partial charge in [0.25, 0.3) is 5.91 Å². The number of hydrogen-bond acceptors (Lipinski definition) is 5. The van der Waals surface area contributed by atoms with Gasteiger partial charge < -0.3 is 34.5 Å². The maximum atomic E-state index is 13.5. The lowest BCUT2D eigenvalue weighted by atomic mass is 9.97. The summed E-state index contributed by atoms with van der Waals surface area (Å²) in [6.45, 7) is 1.28. The van der Waals surface area contributed by atoms with Crippen molar-refractivity contribution in [1.29, 1.82) is 0 Å². The summed E-state index contributed by atoms with van der Waals surface area (Å²) in [5, 5.41) is 15.1. The van der Waals surface area contributed by atoms with Crippen molar-refractivity contribution in [1.82, 2.24) is 29.7 Å². The van der Waals surface area contributed by atoms with E-state index >= 15 is 0 Å². The molecule has 44 heavy (non-hydrogen) atoms. The summed E-state index contributed by atoms with van der Waals surface area (Å²) in [6.07, 6.45) is 2.36. The van der Waals surface area contributed by atoms with E-state index in [1.807, 2.05) is 25.2 Å². The highest BCUT2D eigenvalue weighted by Gasteiger charge is 2.31. The van der Waals surface area contributed by atoms with Crippen LogP contribution >= 0.6 is 0 Å². The lowest BCUT2D eigenvalue weighted by molar-refractivity contribution is -0.123. The standard InChI is InChI=1S/C32H35FN6O5/c1-37-25-11-19-8-10-38(16-22(14-33)35-32(42)43)31(41)23(19)13-24(25)36-29(37)26-12-20-3-2-4-27(28(20)39(26)15-18-5-6-18)44-17-21-7-9-34-30(21)40/h2-4,11-13,18,21-22,35H,5-10,14-17H2,1H3,(H,34,40)(H,42,43)/t21?,22-/m1/s1. The Morgan fingerprint density at radius 2 is 2.07 bits per heavy atom. The minimum atomic E-state index is -1.32. The number of carbonyl (C=O) groups excluding carboxylic acids is 2. The summed E-state index contributed by atoms with van der Waals surface area (Å²) in [4.78, 5) is 43.1. The molecule has 4 heterocycles. The molecule has 4 aromatic rings. The zero-order chi connectivity index (χ0) is 30.5. The number of ether oxygens (including phenoxy) is 1. The number of carbonyl (C=O) groups is 3. The second-order valence-electron chi connectivity index (χ2n) is 12.2. The largest absolute Gasteiger partial charge is 0.491 e. The summed E-state index contributed by atoms with van der Waals surface area (Å²) < 4.78 is 24.1. The molecular formula is C32H35FN6O5. The lowest BCUT2D eigenvalue weighted by Gasteiger charge is -2.31. The highest BCUT2D eigenvalue weighted by Crippen LogP contribution is 2.39. The number of imidazole rings is 1. The number of nitrogens with one attached hydrogen (secondary N) is 2. The summed E-state index contributed by atoms with van der Waals surface area (Å²) in [7, 11) is 1.98. The molecule has 2 atom stereocenters. The SMILES string of the molecule is Cn1c(-c2cc3cccc(OCC4CCNC4=O)c3n2CC2CC2)nc2cc3c(cc21)CCN(C[C@@H](CF)NC(=O)O)C3=O. The fourth-order valence-electron chi connectivity index (χ4n) is 6.53. The minimum absolute atomic E-state index is 0.0365. The number of rotatable bonds is 10. The van der Waals surface area contributed by atoms with Gasteiger partial charge in [-0.1, -0.05) is 12.1 Å². The molecule has 2 aliphatic heterocycles. The molecule has 0 radical (unpaired) electrons. The molecule has 11 nitrogen and oxygen atoms in total. The zero-order valence-corrected chi connectivity index (χ0v) is 24.5. The molecule has 1 saturated carbocycles. The molecule has 1 saturated heterocycles. The lowest BCUT2D eigenvalue weighted by Crippen LogP contribution is -2.48. The zero-order valence-electron chi connectivity index (χ0n) is 24.5. The van der Waals surface area contributed by atoms with E-state index in [9.17, 15) is 18.8 Å². The van der Waals surface area contributed by atoms with Crippen molar-refractivity contribution in [2.24, 2.45) is 18.9 Å². The molecule has 2 aromatic carbocycles. The Morgan fingerprint density at radius 3 is 2.80 bits per heavy atom. The molecule has 230 valence electrons. The van der Waals surface area contributed by atoms with Crippen LogP contribution in [0.25, 0.3) is 33.5 Å². The third kappa shape index (κ3) is 5.11. The Balaban J connectivity index is 1.24. The van der Waals surface area contributed by atoms with Crippen LogP contribution in [0.5, 0.6) is 5.75 Å². The number of aryl methyl sites for hydroxylation is 1. The molecule has 1 unspecified atom stereocenters. The van der Waals surface area contributed by atoms with Crippen LogP contribution in [0.3, 0.4) is 0 Å². The number of benzene rings is 2. The average Bonchev–Trinajstić information content (AvgIpc) is 3.49. The third-order valence-corrected chi connectivity index (χ3v) is 9.08. The predicted molar refractivity (Wildman–Crippen MR) is 162 cm³/mol. The van der Waals surface area contributed by atoms with Crippen LogP contribution in [0.15, 0.2) is 36.4 Å². The van der Waals surface area contributed by atoms with Gasteiger partial charge in [0.05, 0.1) is 40.8 Å². The number of halogens is 1. The number of aromatic nitrogens is 3. The van der Waals surface area contributed by atoms with Crippen LogP contribution in [0.2, 0.25) is 0 Å². The van der Waals surface area contributed by atoms with E-state index in [4.69, 9.17) is 14.8 Å². The fourth-order valence-corrected chi connectivity index (χ4v) is 6.53. The average molecular weight is 603 g/mol. The number of hydrogen-bond donors (Lipinski definition) is 3. The van der Waals surface area contributed by atoms with E-state index in [1.165, 1.54) is 17.7 Å². The van der Waals surface area contributed by atoms with Crippen LogP contribution in [0.4, 0.5) is 9.18 Å². The smallest absolute Gasteiger partial charge is 0.405 e. The van der Waals surface area contributed by atoms with E-state index in [0.29, 0.717) is 43.1 Å². The van der Waals surface area contributed by atoms with Crippen LogP contribution in [0, 0.1) is 11.8 Å². The molecular weight excluding hydrogens is 567 g/mol. The summed E-state index contributed by atoms with van der Waals surface area (Å²) in [6, 6.07) is 10.9. The van der Waals surface area contributed by atoms with Gasteiger partial charge in [0.15, 0.2) is 5.82 Å². The van der Waals surface area contributed by atoms with Gasteiger partial charge in [-0.3, -0.25) is 9.59 Å². The van der Waals surface area contributed by atoms with Gasteiger partial charge in [0, 0.05) is 44.2 Å². The van der Waals surface area contributed by atoms with Gasteiger partial charge in [0.2, 0.25) is 5.91 Å². The molecule has 1 aliphatic carbocycles. The highest BCUT2D eigenvalue weighted by atomic mass is 19.1. The highest BCUT2D eigenvalue weighted by molar-refractivity contribution is 6.01. The maximum Gasteiger partial charge on any atom is 0.405 e. The molecule has 0 bridgehead atoms. The molecule has 12 heteroatoms. The van der Waals surface area contributed by atoms with Crippen LogP contribution in [-0.4, -0.2) is 81.0 Å². The summed E-state index contributed by atoms with van der Waals surface area (Å²) >= 11 is 0. The summed E-state index contributed by atoms with van der Waals surface area (Å²) in [5.41, 5.74) is 4.92. The van der Waals surface area contributed by atoms with Crippen molar-refractivity contribution in [3.05, 3.63) is 47.5 Å². The van der Waals surface area contributed by atoms with E-state index in [-0.39, 0.29) is 24.3 Å². The molecule has 2 fully saturated rings. The number of fused-ring (bicyclic) bond motifs is 3. The van der Waals surface area contributed by atoms with E-state index in [0.717, 1.165) is 52.2 Å². The van der Waals surface area contributed by atoms with Gasteiger partial charge in [-0.05, 0) is 61.4 Å². The Morgan fingerprint density at radius 1 is 1.23 bits per heavy atom. The first-order chi connectivity index (χ1) is 21.3. The van der Waals surface area contributed by atoms with Crippen molar-refractivity contribution in [3.8, 4) is 17.3 Å². The number of carboxylic acid groups (broad SMARTS) is 1. The molecule has 7 rings (SSSR count). The number of nitrogens with zero attached hydrogens (tertiary/aromatic N) is 4. The van der Waals surface area contributed by atoms with Crippen molar-refractivity contribution < 1.29 is 28.6 Å². The first-order valence-electron chi connectivity index (χ1n) is 15.2. The maximum absolute atomic E-state index is 13.5. The third-order valence-electron chi connectivity index (χ3n) is 9.08. The van der Waals surface area contributed by atoms with Gasteiger partial charge in [-0.25, -0.2) is 14.2 Å². The van der Waals surface area contributed by atoms with Crippen LogP contribution in [0.1, 0.15) is 35.2 Å². The van der Waals surface area contributed by atoms with Crippen LogP contribution < -0.4 is 15.4 Å². The van der Waals surface area contributed by atoms with Gasteiger partial charge in [-0.2, -0.15) is 0 Å². The van der Waals surface area contributed by atoms with Gasteiger partial charge in [0.1, 0.15) is 12.4 Å². The summed E-state index contributed by atoms with van der Waals surface area (Å²) in [5.74, 6) is 1.72. The molecule has 3 aliphatic rings. The topological polar surface area (TPSA) is 131 Å². The Hall–Kier alpha value is -4.61. The van der Waals surface area contributed by atoms with Crippen molar-refractivity contribution in [3.63, 3.8) is 0 Å². The van der Waals surface area contributed by atoms with Crippen molar-refractivity contribution in [2.75, 3.05) is 32.9 Å². The molecule has 3 amide bonds. The second kappa shape index (κ2) is 11.1. The fraction of sp³-hybridized carbons (Fsp3) is 0.438. The molecule has 0 spiro atoms. The molecule has 3 N–H and O–H groups in total. The van der Waals surface area contributed by atoms with Crippen molar-refractivity contribution >= 4 is 39.8 Å². The quantitative estimate of drug-likeness (QED) is 0.254. The normalized spacial score (nSPS) is 19.0. The monoisotopic (exact) mass is 602 g/mol. The minimum Gasteiger partial charge on any atom is -0.491 e. The van der Waals surface area contributed by atoms with Crippen molar-refractivity contribution in [2.45, 2.75) is 38.3 Å². The Kier molecular flexibility index (Phi) is 7.14. The van der Waals surface area contributed by atoms with Gasteiger partial charge >= 0.3 is 6.09 Å². The number of alkyl halides is 1. The first-order valence-corrected chi connectivity index (χ1v) is 15.2. The Labute approximate surface area is 253 Å². The number of amides is 3. The van der Waals surface area contributed by atoms with Gasteiger partial charge in [-0.15, -0.1) is 0 Å².